The first-order valence-electron chi connectivity index (χ1n) is 6.52. The van der Waals surface area contributed by atoms with Crippen LogP contribution in [0.25, 0.3) is 0 Å². The van der Waals surface area contributed by atoms with E-state index in [-0.39, 0.29) is 5.92 Å². The van der Waals surface area contributed by atoms with Gasteiger partial charge in [0.25, 0.3) is 0 Å². The number of nitrogens with zero attached hydrogens (tertiary/aromatic N) is 1. The van der Waals surface area contributed by atoms with Crippen LogP contribution in [0.4, 0.5) is 4.79 Å². The fourth-order valence-corrected chi connectivity index (χ4v) is 3.13. The molecule has 0 bridgehead atoms. The normalized spacial score (nSPS) is 31.3. The van der Waals surface area contributed by atoms with Crippen LogP contribution in [0.5, 0.6) is 0 Å². The third kappa shape index (κ3) is 2.44. The molecular formula is C13H21NO4. The number of carbonyl (C=O) groups excluding carboxylic acids is 1. The number of carboxylic acid groups (broad SMARTS) is 1. The molecule has 1 aliphatic heterocycles. The van der Waals surface area contributed by atoms with E-state index in [1.807, 2.05) is 0 Å². The highest BCUT2D eigenvalue weighted by atomic mass is 16.6. The maximum atomic E-state index is 12.0. The number of amides is 1. The fourth-order valence-electron chi connectivity index (χ4n) is 3.13. The minimum atomic E-state index is -0.907. The van der Waals surface area contributed by atoms with Gasteiger partial charge in [-0.15, -0.1) is 0 Å². The lowest BCUT2D eigenvalue weighted by Crippen LogP contribution is -2.45. The molecule has 3 atom stereocenters. The number of hydrogen-bond acceptors (Lipinski definition) is 3. The first-order valence-corrected chi connectivity index (χ1v) is 6.52. The van der Waals surface area contributed by atoms with E-state index >= 15 is 0 Å². The van der Waals surface area contributed by atoms with Crippen molar-refractivity contribution in [3.63, 3.8) is 0 Å². The van der Waals surface area contributed by atoms with Crippen LogP contribution in [-0.2, 0) is 9.53 Å². The molecule has 1 heterocycles. The predicted octanol–water partition coefficient (Wildman–Crippen LogP) is 2.11. The summed E-state index contributed by atoms with van der Waals surface area (Å²) in [6, 6.07) is -0.702. The van der Waals surface area contributed by atoms with Crippen LogP contribution in [0.3, 0.4) is 0 Å². The molecule has 2 rings (SSSR count). The van der Waals surface area contributed by atoms with Gasteiger partial charge in [0.15, 0.2) is 0 Å². The third-order valence-corrected chi connectivity index (χ3v) is 3.77. The Hall–Kier alpha value is -1.26. The first kappa shape index (κ1) is 13.2. The van der Waals surface area contributed by atoms with E-state index in [9.17, 15) is 14.7 Å². The highest BCUT2D eigenvalue weighted by molar-refractivity contribution is 5.81. The SMILES string of the molecule is CC(C)(C)OC(=O)N1C[C@@H]2CCC[C@@H]2[C@H]1C(=O)O. The highest BCUT2D eigenvalue weighted by Crippen LogP contribution is 2.42. The largest absolute Gasteiger partial charge is 0.480 e. The summed E-state index contributed by atoms with van der Waals surface area (Å²) >= 11 is 0. The van der Waals surface area contributed by atoms with Crippen molar-refractivity contribution < 1.29 is 19.4 Å². The van der Waals surface area contributed by atoms with Crippen molar-refractivity contribution in [2.75, 3.05) is 6.54 Å². The van der Waals surface area contributed by atoms with Gasteiger partial charge in [-0.2, -0.15) is 0 Å². The summed E-state index contributed by atoms with van der Waals surface area (Å²) < 4.78 is 5.29. The Bertz CT molecular complexity index is 360. The molecule has 2 aliphatic rings. The van der Waals surface area contributed by atoms with Gasteiger partial charge in [0, 0.05) is 6.54 Å². The monoisotopic (exact) mass is 255 g/mol. The number of carboxylic acids is 1. The molecule has 1 amide bonds. The summed E-state index contributed by atoms with van der Waals surface area (Å²) in [6.07, 6.45) is 2.50. The van der Waals surface area contributed by atoms with Crippen LogP contribution in [0.15, 0.2) is 0 Å². The summed E-state index contributed by atoms with van der Waals surface area (Å²) in [7, 11) is 0. The van der Waals surface area contributed by atoms with E-state index in [2.05, 4.69) is 0 Å². The zero-order valence-corrected chi connectivity index (χ0v) is 11.2. The second-order valence-corrected chi connectivity index (χ2v) is 6.27. The van der Waals surface area contributed by atoms with Gasteiger partial charge in [0.1, 0.15) is 11.6 Å². The van der Waals surface area contributed by atoms with Gasteiger partial charge in [0.2, 0.25) is 0 Å². The van der Waals surface area contributed by atoms with Gasteiger partial charge in [-0.1, -0.05) is 6.42 Å². The quantitative estimate of drug-likeness (QED) is 0.779. The van der Waals surface area contributed by atoms with Crippen molar-refractivity contribution in [3.8, 4) is 0 Å². The first-order chi connectivity index (χ1) is 8.29. The zero-order valence-electron chi connectivity index (χ0n) is 11.2. The van der Waals surface area contributed by atoms with Crippen LogP contribution in [0.2, 0.25) is 0 Å². The second kappa shape index (κ2) is 4.44. The molecule has 0 spiro atoms. The molecule has 0 unspecified atom stereocenters. The van der Waals surface area contributed by atoms with Crippen molar-refractivity contribution in [2.45, 2.75) is 51.7 Å². The molecule has 102 valence electrons. The van der Waals surface area contributed by atoms with Crippen molar-refractivity contribution in [3.05, 3.63) is 0 Å². The number of likely N-dealkylation sites (tertiary alicyclic amines) is 1. The summed E-state index contributed by atoms with van der Waals surface area (Å²) in [6.45, 7) is 5.89. The van der Waals surface area contributed by atoms with Gasteiger partial charge in [-0.25, -0.2) is 9.59 Å². The van der Waals surface area contributed by atoms with E-state index in [1.54, 1.807) is 20.8 Å². The standard InChI is InChI=1S/C13H21NO4/c1-13(2,3)18-12(17)14-7-8-5-4-6-9(8)10(14)11(15)16/h8-10H,4-7H2,1-3H3,(H,15,16)/t8-,9-,10-/m0/s1. The molecule has 0 aromatic carbocycles. The number of rotatable bonds is 1. The lowest BCUT2D eigenvalue weighted by atomic mass is 9.94. The van der Waals surface area contributed by atoms with Crippen molar-refractivity contribution in [1.82, 2.24) is 4.90 Å². The van der Waals surface area contributed by atoms with Gasteiger partial charge in [-0.3, -0.25) is 4.90 Å². The molecule has 2 fully saturated rings. The van der Waals surface area contributed by atoms with Gasteiger partial charge < -0.3 is 9.84 Å². The Balaban J connectivity index is 2.12. The third-order valence-electron chi connectivity index (χ3n) is 3.77. The average Bonchev–Trinajstić information content (AvgIpc) is 2.70. The number of hydrogen-bond donors (Lipinski definition) is 1. The van der Waals surface area contributed by atoms with Crippen molar-refractivity contribution >= 4 is 12.1 Å². The summed E-state index contributed by atoms with van der Waals surface area (Å²) in [5, 5.41) is 9.33. The van der Waals surface area contributed by atoms with E-state index in [0.717, 1.165) is 19.3 Å². The fraction of sp³-hybridized carbons (Fsp3) is 0.846. The molecule has 1 saturated heterocycles. The minimum absolute atomic E-state index is 0.106. The maximum Gasteiger partial charge on any atom is 0.411 e. The molecule has 1 N–H and O–H groups in total. The predicted molar refractivity (Wildman–Crippen MR) is 65.2 cm³/mol. The van der Waals surface area contributed by atoms with Crippen LogP contribution in [-0.4, -0.2) is 40.3 Å². The van der Waals surface area contributed by atoms with E-state index in [1.165, 1.54) is 4.90 Å². The molecule has 5 nitrogen and oxygen atoms in total. The molecule has 0 aromatic heterocycles. The summed E-state index contributed by atoms with van der Waals surface area (Å²) in [4.78, 5) is 24.8. The summed E-state index contributed by atoms with van der Waals surface area (Å²) in [5.41, 5.74) is -0.585. The number of aliphatic carboxylic acids is 1. The van der Waals surface area contributed by atoms with E-state index in [4.69, 9.17) is 4.74 Å². The molecule has 0 aromatic rings. The Labute approximate surface area is 107 Å². The van der Waals surface area contributed by atoms with Crippen molar-refractivity contribution in [1.29, 1.82) is 0 Å². The molecule has 1 aliphatic carbocycles. The van der Waals surface area contributed by atoms with Gasteiger partial charge in [0.05, 0.1) is 0 Å². The Morgan fingerprint density at radius 2 is 1.94 bits per heavy atom. The van der Waals surface area contributed by atoms with Crippen LogP contribution < -0.4 is 0 Å². The number of ether oxygens (including phenoxy) is 1. The van der Waals surface area contributed by atoms with Crippen LogP contribution in [0.1, 0.15) is 40.0 Å². The lowest BCUT2D eigenvalue weighted by Gasteiger charge is -2.28. The number of carbonyl (C=O) groups is 2. The molecule has 18 heavy (non-hydrogen) atoms. The smallest absolute Gasteiger partial charge is 0.411 e. The number of fused-ring (bicyclic) bond motifs is 1. The average molecular weight is 255 g/mol. The second-order valence-electron chi connectivity index (χ2n) is 6.27. The van der Waals surface area contributed by atoms with E-state index in [0.29, 0.717) is 12.5 Å². The lowest BCUT2D eigenvalue weighted by molar-refractivity contribution is -0.143. The molecule has 1 saturated carbocycles. The minimum Gasteiger partial charge on any atom is -0.480 e. The maximum absolute atomic E-state index is 12.0. The zero-order chi connectivity index (χ0) is 13.5. The van der Waals surface area contributed by atoms with Crippen molar-refractivity contribution in [2.24, 2.45) is 11.8 Å². The molecule has 5 heteroatoms. The summed E-state index contributed by atoms with van der Waals surface area (Å²) in [5.74, 6) is -0.469. The molecular weight excluding hydrogens is 234 g/mol. The Morgan fingerprint density at radius 3 is 2.50 bits per heavy atom. The topological polar surface area (TPSA) is 66.8 Å². The van der Waals surface area contributed by atoms with E-state index < -0.39 is 23.7 Å². The van der Waals surface area contributed by atoms with Gasteiger partial charge >= 0.3 is 12.1 Å². The Kier molecular flexibility index (Phi) is 3.25. The highest BCUT2D eigenvalue weighted by Gasteiger charge is 2.50. The van der Waals surface area contributed by atoms with Gasteiger partial charge in [-0.05, 0) is 45.4 Å². The van der Waals surface area contributed by atoms with Crippen LogP contribution in [0, 0.1) is 11.8 Å². The Morgan fingerprint density at radius 1 is 1.28 bits per heavy atom. The molecule has 0 radical (unpaired) electrons. The van der Waals surface area contributed by atoms with Crippen LogP contribution >= 0.6 is 0 Å².